The van der Waals surface area contributed by atoms with Gasteiger partial charge in [0.2, 0.25) is 0 Å². The standard InChI is InChI=1S/C18H18N2O6S/c1-25-18(22)16-11-6-2-5-9-14(11)27-17(16)19-15(21)10-26-13-8-4-3-7-12(13)20(23)24/h3-4,7-8H,2,5-6,9-10H2,1H3,(H,19,21). The number of benzene rings is 1. The van der Waals surface area contributed by atoms with Crippen LogP contribution in [0.3, 0.4) is 0 Å². The summed E-state index contributed by atoms with van der Waals surface area (Å²) in [7, 11) is 1.30. The van der Waals surface area contributed by atoms with E-state index in [1.165, 1.54) is 36.6 Å². The fraction of sp³-hybridized carbons (Fsp3) is 0.333. The van der Waals surface area contributed by atoms with Crippen LogP contribution in [0.1, 0.15) is 33.6 Å². The Labute approximate surface area is 159 Å². The van der Waals surface area contributed by atoms with Crippen LogP contribution in [0.15, 0.2) is 24.3 Å². The summed E-state index contributed by atoms with van der Waals surface area (Å²) in [6.45, 7) is -0.409. The predicted octanol–water partition coefficient (Wildman–Crippen LogP) is 3.34. The van der Waals surface area contributed by atoms with Gasteiger partial charge in [-0.15, -0.1) is 11.3 Å². The molecule has 1 aromatic carbocycles. The molecule has 8 nitrogen and oxygen atoms in total. The number of rotatable bonds is 6. The Hall–Kier alpha value is -2.94. The molecule has 0 unspecified atom stereocenters. The highest BCUT2D eigenvalue weighted by atomic mass is 32.1. The lowest BCUT2D eigenvalue weighted by molar-refractivity contribution is -0.385. The van der Waals surface area contributed by atoms with Crippen LogP contribution in [0.25, 0.3) is 0 Å². The van der Waals surface area contributed by atoms with Crippen LogP contribution in [0.4, 0.5) is 10.7 Å². The van der Waals surface area contributed by atoms with Crippen molar-refractivity contribution in [3.63, 3.8) is 0 Å². The predicted molar refractivity (Wildman–Crippen MR) is 99.5 cm³/mol. The van der Waals surface area contributed by atoms with Gasteiger partial charge in [0.25, 0.3) is 5.91 Å². The normalized spacial score (nSPS) is 12.8. The summed E-state index contributed by atoms with van der Waals surface area (Å²) in [6.07, 6.45) is 3.68. The minimum Gasteiger partial charge on any atom is -0.477 e. The van der Waals surface area contributed by atoms with Crippen molar-refractivity contribution in [1.29, 1.82) is 0 Å². The first-order chi connectivity index (χ1) is 13.0. The minimum absolute atomic E-state index is 0.0105. The van der Waals surface area contributed by atoms with Gasteiger partial charge in [0.15, 0.2) is 12.4 Å². The Morgan fingerprint density at radius 1 is 1.26 bits per heavy atom. The summed E-state index contributed by atoms with van der Waals surface area (Å²) in [6, 6.07) is 5.83. The number of nitro groups is 1. The van der Waals surface area contributed by atoms with Gasteiger partial charge >= 0.3 is 11.7 Å². The van der Waals surface area contributed by atoms with Crippen LogP contribution in [0, 0.1) is 10.1 Å². The maximum Gasteiger partial charge on any atom is 0.341 e. The number of methoxy groups -OCH3 is 1. The lowest BCUT2D eigenvalue weighted by atomic mass is 9.95. The number of esters is 1. The summed E-state index contributed by atoms with van der Waals surface area (Å²) in [5.74, 6) is -0.975. The third kappa shape index (κ3) is 4.08. The van der Waals surface area contributed by atoms with Gasteiger partial charge in [0, 0.05) is 10.9 Å². The van der Waals surface area contributed by atoms with Gasteiger partial charge in [-0.3, -0.25) is 14.9 Å². The van der Waals surface area contributed by atoms with Gasteiger partial charge in [0.1, 0.15) is 5.00 Å². The number of hydrogen-bond acceptors (Lipinski definition) is 7. The molecule has 27 heavy (non-hydrogen) atoms. The van der Waals surface area contributed by atoms with Crippen LogP contribution in [-0.2, 0) is 22.4 Å². The molecule has 1 amide bonds. The van der Waals surface area contributed by atoms with Crippen molar-refractivity contribution in [3.8, 4) is 5.75 Å². The molecule has 0 bridgehead atoms. The summed E-state index contributed by atoms with van der Waals surface area (Å²) in [4.78, 5) is 36.0. The lowest BCUT2D eigenvalue weighted by Gasteiger charge is -2.12. The van der Waals surface area contributed by atoms with E-state index in [0.29, 0.717) is 10.6 Å². The molecule has 1 aliphatic rings. The average molecular weight is 390 g/mol. The molecular formula is C18H18N2O6S. The highest BCUT2D eigenvalue weighted by Crippen LogP contribution is 2.38. The first-order valence-corrected chi connectivity index (χ1v) is 9.21. The van der Waals surface area contributed by atoms with E-state index in [4.69, 9.17) is 9.47 Å². The van der Waals surface area contributed by atoms with Gasteiger partial charge in [-0.2, -0.15) is 0 Å². The molecule has 142 valence electrons. The third-order valence-corrected chi connectivity index (χ3v) is 5.44. The second-order valence-corrected chi connectivity index (χ2v) is 7.07. The quantitative estimate of drug-likeness (QED) is 0.460. The summed E-state index contributed by atoms with van der Waals surface area (Å²) >= 11 is 1.37. The number of hydrogen-bond donors (Lipinski definition) is 1. The van der Waals surface area contributed by atoms with E-state index in [9.17, 15) is 19.7 Å². The van der Waals surface area contributed by atoms with Gasteiger partial charge in [-0.1, -0.05) is 12.1 Å². The van der Waals surface area contributed by atoms with E-state index in [0.717, 1.165) is 36.1 Å². The molecule has 3 rings (SSSR count). The zero-order valence-electron chi connectivity index (χ0n) is 14.6. The number of amides is 1. The van der Waals surface area contributed by atoms with Crippen LogP contribution in [0.2, 0.25) is 0 Å². The fourth-order valence-electron chi connectivity index (χ4n) is 3.01. The summed E-state index contributed by atoms with van der Waals surface area (Å²) in [5.41, 5.74) is 1.12. The molecule has 0 saturated heterocycles. The second-order valence-electron chi connectivity index (χ2n) is 5.97. The van der Waals surface area contributed by atoms with Gasteiger partial charge in [-0.25, -0.2) is 4.79 Å². The molecule has 1 heterocycles. The number of carbonyl (C=O) groups is 2. The highest BCUT2D eigenvalue weighted by Gasteiger charge is 2.27. The molecule has 2 aromatic rings. The number of aryl methyl sites for hydroxylation is 1. The maximum atomic E-state index is 12.3. The molecule has 0 saturated carbocycles. The Morgan fingerprint density at radius 2 is 2.00 bits per heavy atom. The van der Waals surface area contributed by atoms with E-state index >= 15 is 0 Å². The Kier molecular flexibility index (Phi) is 5.70. The van der Waals surface area contributed by atoms with E-state index in [1.54, 1.807) is 6.07 Å². The molecular weight excluding hydrogens is 372 g/mol. The Balaban J connectivity index is 1.74. The van der Waals surface area contributed by atoms with Crippen molar-refractivity contribution < 1.29 is 24.0 Å². The van der Waals surface area contributed by atoms with Crippen LogP contribution in [-0.4, -0.2) is 30.5 Å². The number of nitro benzene ring substituents is 1. The first-order valence-electron chi connectivity index (χ1n) is 8.40. The third-order valence-electron chi connectivity index (χ3n) is 4.23. The molecule has 1 aliphatic carbocycles. The SMILES string of the molecule is COC(=O)c1c(NC(=O)COc2ccccc2[N+](=O)[O-])sc2c1CCCC2. The fourth-order valence-corrected chi connectivity index (χ4v) is 4.30. The molecule has 0 fully saturated rings. The van der Waals surface area contributed by atoms with Crippen LogP contribution in [0.5, 0.6) is 5.75 Å². The van der Waals surface area contributed by atoms with Crippen molar-refractivity contribution in [3.05, 3.63) is 50.4 Å². The lowest BCUT2D eigenvalue weighted by Crippen LogP contribution is -2.21. The second kappa shape index (κ2) is 8.17. The number of fused-ring (bicyclic) bond motifs is 1. The number of anilines is 1. The number of thiophene rings is 1. The maximum absolute atomic E-state index is 12.3. The Morgan fingerprint density at radius 3 is 2.74 bits per heavy atom. The minimum atomic E-state index is -0.573. The molecule has 0 atom stereocenters. The average Bonchev–Trinajstić information content (AvgIpc) is 3.03. The van der Waals surface area contributed by atoms with Crippen molar-refractivity contribution in [2.24, 2.45) is 0 Å². The largest absolute Gasteiger partial charge is 0.477 e. The Bertz CT molecular complexity index is 892. The molecule has 9 heteroatoms. The van der Waals surface area contributed by atoms with Crippen molar-refractivity contribution in [2.75, 3.05) is 19.0 Å². The van der Waals surface area contributed by atoms with Crippen LogP contribution >= 0.6 is 11.3 Å². The smallest absolute Gasteiger partial charge is 0.341 e. The molecule has 0 radical (unpaired) electrons. The number of nitrogens with zero attached hydrogens (tertiary/aromatic N) is 1. The number of ether oxygens (including phenoxy) is 2. The topological polar surface area (TPSA) is 108 Å². The summed E-state index contributed by atoms with van der Waals surface area (Å²) in [5, 5.41) is 14.1. The van der Waals surface area contributed by atoms with Gasteiger partial charge < -0.3 is 14.8 Å². The number of carbonyl (C=O) groups excluding carboxylic acids is 2. The van der Waals surface area contributed by atoms with Crippen molar-refractivity contribution >= 4 is 33.9 Å². The van der Waals surface area contributed by atoms with Crippen LogP contribution < -0.4 is 10.1 Å². The van der Waals surface area contributed by atoms with E-state index < -0.39 is 23.4 Å². The van der Waals surface area contributed by atoms with Gasteiger partial charge in [0.05, 0.1) is 17.6 Å². The summed E-state index contributed by atoms with van der Waals surface area (Å²) < 4.78 is 10.2. The highest BCUT2D eigenvalue weighted by molar-refractivity contribution is 7.17. The van der Waals surface area contributed by atoms with E-state index in [1.807, 2.05) is 0 Å². The van der Waals surface area contributed by atoms with E-state index in [-0.39, 0.29) is 11.4 Å². The van der Waals surface area contributed by atoms with Crippen molar-refractivity contribution in [2.45, 2.75) is 25.7 Å². The zero-order valence-corrected chi connectivity index (χ0v) is 15.5. The monoisotopic (exact) mass is 390 g/mol. The first kappa shape index (κ1) is 18.8. The molecule has 0 spiro atoms. The number of para-hydroxylation sites is 2. The molecule has 1 aromatic heterocycles. The molecule has 1 N–H and O–H groups in total. The zero-order chi connectivity index (χ0) is 19.4. The van der Waals surface area contributed by atoms with E-state index in [2.05, 4.69) is 5.32 Å². The van der Waals surface area contributed by atoms with Crippen molar-refractivity contribution in [1.82, 2.24) is 0 Å². The van der Waals surface area contributed by atoms with Gasteiger partial charge in [-0.05, 0) is 37.3 Å². The number of nitrogens with one attached hydrogen (secondary N) is 1. The molecule has 0 aliphatic heterocycles.